The summed E-state index contributed by atoms with van der Waals surface area (Å²) < 4.78 is 0. The van der Waals surface area contributed by atoms with E-state index in [0.29, 0.717) is 16.1 Å². The van der Waals surface area contributed by atoms with Crippen molar-refractivity contribution in [3.63, 3.8) is 0 Å². The molecule has 4 rings (SSSR count). The number of para-hydroxylation sites is 1. The molecule has 2 N–H and O–H groups in total. The molecule has 1 aliphatic heterocycles. The van der Waals surface area contributed by atoms with Crippen LogP contribution in [-0.4, -0.2) is 34.2 Å². The van der Waals surface area contributed by atoms with Crippen LogP contribution in [0.2, 0.25) is 5.02 Å². The highest BCUT2D eigenvalue weighted by atomic mass is 35.5. The Balaban J connectivity index is 1.63. The molecule has 27 heavy (non-hydrogen) atoms. The van der Waals surface area contributed by atoms with E-state index in [2.05, 4.69) is 10.3 Å². The summed E-state index contributed by atoms with van der Waals surface area (Å²) in [7, 11) is 0. The lowest BCUT2D eigenvalue weighted by Gasteiger charge is -2.23. The van der Waals surface area contributed by atoms with Crippen molar-refractivity contribution in [3.8, 4) is 0 Å². The molecule has 0 radical (unpaired) electrons. The molecule has 0 spiro atoms. The Morgan fingerprint density at radius 2 is 1.81 bits per heavy atom. The molecule has 1 aromatic heterocycles. The van der Waals surface area contributed by atoms with E-state index in [1.54, 1.807) is 37.4 Å². The van der Waals surface area contributed by atoms with Crippen LogP contribution in [0.5, 0.6) is 0 Å². The summed E-state index contributed by atoms with van der Waals surface area (Å²) in [5.41, 5.74) is 0.444. The van der Waals surface area contributed by atoms with Crippen molar-refractivity contribution in [2.75, 3.05) is 6.54 Å². The topological polar surface area (TPSA) is 82.3 Å². The van der Waals surface area contributed by atoms with Crippen LogP contribution < -0.4 is 5.32 Å². The number of fused-ring (bicyclic) bond motifs is 1. The number of nitrogens with one attached hydrogen (secondary N) is 2. The highest BCUT2D eigenvalue weighted by Crippen LogP contribution is 2.33. The van der Waals surface area contributed by atoms with Gasteiger partial charge < -0.3 is 10.3 Å². The van der Waals surface area contributed by atoms with Crippen LogP contribution in [0.3, 0.4) is 0 Å². The van der Waals surface area contributed by atoms with Gasteiger partial charge in [-0.3, -0.25) is 14.5 Å². The quantitative estimate of drug-likeness (QED) is 0.536. The fraction of sp³-hybridized carbons (Fsp3) is 0.150. The van der Waals surface area contributed by atoms with Crippen LogP contribution >= 0.6 is 11.6 Å². The van der Waals surface area contributed by atoms with Gasteiger partial charge in [-0.2, -0.15) is 0 Å². The van der Waals surface area contributed by atoms with E-state index in [9.17, 15) is 14.4 Å². The second-order valence-electron chi connectivity index (χ2n) is 6.60. The molecule has 0 aliphatic carbocycles. The molecular formula is C20H16ClN3O3. The number of amides is 3. The summed E-state index contributed by atoms with van der Waals surface area (Å²) in [6, 6.07) is 13.6. The maximum Gasteiger partial charge on any atom is 0.325 e. The summed E-state index contributed by atoms with van der Waals surface area (Å²) in [5, 5.41) is 3.79. The molecule has 0 saturated carbocycles. The summed E-state index contributed by atoms with van der Waals surface area (Å²) >= 11 is 6.21. The van der Waals surface area contributed by atoms with Crippen molar-refractivity contribution in [3.05, 3.63) is 70.9 Å². The fourth-order valence-electron chi connectivity index (χ4n) is 3.42. The van der Waals surface area contributed by atoms with Crippen LogP contribution in [0, 0.1) is 0 Å². The van der Waals surface area contributed by atoms with Gasteiger partial charge in [0, 0.05) is 33.2 Å². The lowest BCUT2D eigenvalue weighted by Crippen LogP contribution is -2.41. The molecule has 1 aliphatic rings. The van der Waals surface area contributed by atoms with Crippen molar-refractivity contribution >= 4 is 40.2 Å². The predicted molar refractivity (Wildman–Crippen MR) is 102 cm³/mol. The summed E-state index contributed by atoms with van der Waals surface area (Å²) in [4.78, 5) is 42.2. The number of rotatable bonds is 4. The zero-order chi connectivity index (χ0) is 19.2. The average Bonchev–Trinajstić information content (AvgIpc) is 3.17. The average molecular weight is 382 g/mol. The first-order valence-corrected chi connectivity index (χ1v) is 8.78. The van der Waals surface area contributed by atoms with E-state index in [1.807, 2.05) is 24.3 Å². The number of aromatic nitrogens is 1. The van der Waals surface area contributed by atoms with Crippen LogP contribution in [0.4, 0.5) is 4.79 Å². The van der Waals surface area contributed by atoms with Crippen molar-refractivity contribution in [1.29, 1.82) is 0 Å². The maximum atomic E-state index is 13.0. The minimum atomic E-state index is -1.31. The molecule has 0 unspecified atom stereocenters. The van der Waals surface area contributed by atoms with Gasteiger partial charge in [0.2, 0.25) is 0 Å². The molecule has 3 aromatic rings. The number of carbonyl (C=O) groups excluding carboxylic acids is 3. The number of Topliss-reactive ketones (excluding diaryl/α,β-unsaturated/α-hetero) is 1. The number of urea groups is 1. The van der Waals surface area contributed by atoms with Gasteiger partial charge in [0.25, 0.3) is 5.91 Å². The summed E-state index contributed by atoms with van der Waals surface area (Å²) in [6.07, 6.45) is 1.60. The second-order valence-corrected chi connectivity index (χ2v) is 7.00. The van der Waals surface area contributed by atoms with Crippen molar-refractivity contribution < 1.29 is 14.4 Å². The van der Waals surface area contributed by atoms with Gasteiger partial charge in [0.15, 0.2) is 5.78 Å². The SMILES string of the molecule is C[C@@]1(c2ccccc2Cl)NC(=O)N(CC(=O)c2c[nH]c3ccccc23)C1=O. The zero-order valence-electron chi connectivity index (χ0n) is 14.5. The maximum absolute atomic E-state index is 13.0. The Kier molecular flexibility index (Phi) is 4.00. The molecule has 1 atom stereocenters. The van der Waals surface area contributed by atoms with E-state index >= 15 is 0 Å². The van der Waals surface area contributed by atoms with E-state index in [0.717, 1.165) is 15.8 Å². The molecule has 1 saturated heterocycles. The second kappa shape index (κ2) is 6.25. The molecule has 2 aromatic carbocycles. The molecule has 0 bridgehead atoms. The minimum Gasteiger partial charge on any atom is -0.360 e. The lowest BCUT2D eigenvalue weighted by atomic mass is 9.92. The Morgan fingerprint density at radius 1 is 1.11 bits per heavy atom. The molecule has 2 heterocycles. The molecule has 7 heteroatoms. The van der Waals surface area contributed by atoms with Gasteiger partial charge in [-0.15, -0.1) is 0 Å². The zero-order valence-corrected chi connectivity index (χ0v) is 15.2. The predicted octanol–water partition coefficient (Wildman–Crippen LogP) is 3.47. The van der Waals surface area contributed by atoms with Gasteiger partial charge in [-0.05, 0) is 19.1 Å². The van der Waals surface area contributed by atoms with Gasteiger partial charge in [-0.25, -0.2) is 4.79 Å². The number of halogens is 1. The number of hydrogen-bond donors (Lipinski definition) is 2. The molecule has 1 fully saturated rings. The number of nitrogens with zero attached hydrogens (tertiary/aromatic N) is 1. The number of imide groups is 1. The Labute approximate surface area is 160 Å². The van der Waals surface area contributed by atoms with E-state index in [4.69, 9.17) is 11.6 Å². The first-order chi connectivity index (χ1) is 12.9. The monoisotopic (exact) mass is 381 g/mol. The molecular weight excluding hydrogens is 366 g/mol. The Bertz CT molecular complexity index is 1090. The number of carbonyl (C=O) groups is 3. The number of benzene rings is 2. The highest BCUT2D eigenvalue weighted by molar-refractivity contribution is 6.32. The number of ketones is 1. The molecule has 3 amide bonds. The number of hydrogen-bond acceptors (Lipinski definition) is 3. The van der Waals surface area contributed by atoms with Crippen LogP contribution in [0.15, 0.2) is 54.7 Å². The van der Waals surface area contributed by atoms with E-state index in [-0.39, 0.29) is 12.3 Å². The smallest absolute Gasteiger partial charge is 0.325 e. The van der Waals surface area contributed by atoms with Crippen molar-refractivity contribution in [2.45, 2.75) is 12.5 Å². The third-order valence-corrected chi connectivity index (χ3v) is 5.21. The first kappa shape index (κ1) is 17.3. The van der Waals surface area contributed by atoms with Crippen LogP contribution in [0.25, 0.3) is 10.9 Å². The number of aromatic amines is 1. The van der Waals surface area contributed by atoms with Crippen LogP contribution in [0.1, 0.15) is 22.8 Å². The van der Waals surface area contributed by atoms with Crippen molar-refractivity contribution in [2.24, 2.45) is 0 Å². The largest absolute Gasteiger partial charge is 0.360 e. The van der Waals surface area contributed by atoms with Crippen LogP contribution in [-0.2, 0) is 10.3 Å². The first-order valence-electron chi connectivity index (χ1n) is 8.40. The Morgan fingerprint density at radius 3 is 2.59 bits per heavy atom. The van der Waals surface area contributed by atoms with Gasteiger partial charge in [0.1, 0.15) is 5.54 Å². The highest BCUT2D eigenvalue weighted by Gasteiger charge is 2.50. The van der Waals surface area contributed by atoms with Crippen molar-refractivity contribution in [1.82, 2.24) is 15.2 Å². The minimum absolute atomic E-state index is 0.320. The third-order valence-electron chi connectivity index (χ3n) is 4.88. The van der Waals surface area contributed by atoms with Gasteiger partial charge >= 0.3 is 6.03 Å². The lowest BCUT2D eigenvalue weighted by molar-refractivity contribution is -0.130. The normalized spacial score (nSPS) is 19.6. The fourth-order valence-corrected chi connectivity index (χ4v) is 3.75. The standard InChI is InChI=1S/C20H16ClN3O3/c1-20(14-7-3-4-8-15(14)21)18(26)24(19(27)23-20)11-17(25)13-10-22-16-9-5-2-6-12(13)16/h2-10,22H,11H2,1H3,(H,23,27)/t20-/m0/s1. The van der Waals surface area contributed by atoms with E-state index in [1.165, 1.54) is 0 Å². The van der Waals surface area contributed by atoms with Gasteiger partial charge in [0.05, 0.1) is 6.54 Å². The molecule has 136 valence electrons. The molecule has 6 nitrogen and oxygen atoms in total. The summed E-state index contributed by atoms with van der Waals surface area (Å²) in [6.45, 7) is 1.25. The van der Waals surface area contributed by atoms with E-state index < -0.39 is 17.5 Å². The number of H-pyrrole nitrogens is 1. The third kappa shape index (κ3) is 2.69. The van der Waals surface area contributed by atoms with Gasteiger partial charge in [-0.1, -0.05) is 48.0 Å². The Hall–Kier alpha value is -3.12. The summed E-state index contributed by atoms with van der Waals surface area (Å²) in [5.74, 6) is -0.826.